The van der Waals surface area contributed by atoms with Crippen molar-refractivity contribution in [3.8, 4) is 145 Å². The fourth-order valence-electron chi connectivity index (χ4n) is 22.2. The van der Waals surface area contributed by atoms with Crippen molar-refractivity contribution in [1.29, 1.82) is 0 Å². The summed E-state index contributed by atoms with van der Waals surface area (Å²) in [5, 5.41) is 4.73. The van der Waals surface area contributed by atoms with Gasteiger partial charge in [0.05, 0.1) is 33.4 Å². The van der Waals surface area contributed by atoms with Gasteiger partial charge in [-0.2, -0.15) is 0 Å². The average molecular weight is 1790 g/mol. The van der Waals surface area contributed by atoms with E-state index in [0.717, 1.165) is 140 Å². The molecule has 0 saturated heterocycles. The minimum atomic E-state index is -0.350. The number of nitrogens with zero attached hydrogens (tertiary/aromatic N) is 4. The van der Waals surface area contributed by atoms with Gasteiger partial charge in [0.25, 0.3) is 6.71 Å². The van der Waals surface area contributed by atoms with E-state index in [0.29, 0.717) is 0 Å². The molecule has 2 aliphatic rings. The molecule has 5 heteroatoms. The molecule has 0 bridgehead atoms. The maximum atomic E-state index is 2.75. The van der Waals surface area contributed by atoms with Crippen LogP contribution in [-0.2, 0) is 10.8 Å². The number of rotatable bonds is 16. The molecule has 0 saturated carbocycles. The van der Waals surface area contributed by atoms with E-state index in [9.17, 15) is 0 Å². The molecular formula is C135H101BN4. The highest BCUT2D eigenvalue weighted by molar-refractivity contribution is 7.00. The number of hydrogen-bond acceptors (Lipinski definition) is 2. The molecule has 4 heterocycles. The molecule has 140 heavy (non-hydrogen) atoms. The van der Waals surface area contributed by atoms with Crippen molar-refractivity contribution in [2.45, 2.75) is 59.3 Å². The number of anilines is 6. The zero-order valence-electron chi connectivity index (χ0n) is 79.6. The summed E-state index contributed by atoms with van der Waals surface area (Å²) in [6.45, 7) is 16.3. The number of aromatic nitrogens is 2. The second kappa shape index (κ2) is 34.3. The number of aryl methyl sites for hydroxylation is 1. The molecule has 0 spiro atoms. The topological polar surface area (TPSA) is 16.3 Å². The fourth-order valence-corrected chi connectivity index (χ4v) is 22.2. The lowest BCUT2D eigenvalue weighted by Gasteiger charge is -2.46. The quantitative estimate of drug-likeness (QED) is 0.0897. The van der Waals surface area contributed by atoms with Crippen LogP contribution < -0.4 is 26.2 Å². The first-order chi connectivity index (χ1) is 68.6. The summed E-state index contributed by atoms with van der Waals surface area (Å²) in [5.74, 6) is 0. The van der Waals surface area contributed by atoms with Crippen LogP contribution in [-0.4, -0.2) is 15.8 Å². The van der Waals surface area contributed by atoms with Crippen LogP contribution in [0.2, 0.25) is 0 Å². The molecule has 2 aromatic heterocycles. The van der Waals surface area contributed by atoms with Crippen molar-refractivity contribution in [3.63, 3.8) is 0 Å². The van der Waals surface area contributed by atoms with Gasteiger partial charge in [-0.25, -0.2) is 0 Å². The Kier molecular flexibility index (Phi) is 20.7. The number of fused-ring (bicyclic) bond motifs is 10. The van der Waals surface area contributed by atoms with Gasteiger partial charge in [0.2, 0.25) is 0 Å². The molecule has 21 aromatic carbocycles. The van der Waals surface area contributed by atoms with E-state index in [-0.39, 0.29) is 17.5 Å². The van der Waals surface area contributed by atoms with E-state index in [1.165, 1.54) is 116 Å². The molecule has 23 aromatic rings. The molecule has 0 fully saturated rings. The van der Waals surface area contributed by atoms with Gasteiger partial charge < -0.3 is 18.9 Å². The first-order valence-corrected chi connectivity index (χ1v) is 49.0. The van der Waals surface area contributed by atoms with E-state index >= 15 is 0 Å². The zero-order valence-corrected chi connectivity index (χ0v) is 79.6. The van der Waals surface area contributed by atoms with E-state index in [1.807, 2.05) is 0 Å². The Labute approximate surface area is 820 Å². The summed E-state index contributed by atoms with van der Waals surface area (Å²) < 4.78 is 5.11. The molecule has 0 unspecified atom stereocenters. The highest BCUT2D eigenvalue weighted by atomic mass is 15.2. The summed E-state index contributed by atoms with van der Waals surface area (Å²) >= 11 is 0. The summed E-state index contributed by atoms with van der Waals surface area (Å²) in [7, 11) is 0. The molecule has 0 radical (unpaired) electrons. The third-order valence-electron chi connectivity index (χ3n) is 29.2. The number of hydrogen-bond donors (Lipinski definition) is 0. The highest BCUT2D eigenvalue weighted by Gasteiger charge is 2.46. The Morgan fingerprint density at radius 3 is 0.686 bits per heavy atom. The van der Waals surface area contributed by atoms with Crippen LogP contribution >= 0.6 is 0 Å². The van der Waals surface area contributed by atoms with E-state index in [2.05, 4.69) is 553 Å². The normalized spacial score (nSPS) is 12.3. The maximum absolute atomic E-state index is 2.75. The summed E-state index contributed by atoms with van der Waals surface area (Å²) in [6.07, 6.45) is 0. The highest BCUT2D eigenvalue weighted by Crippen LogP contribution is 2.57. The van der Waals surface area contributed by atoms with Gasteiger partial charge in [0.15, 0.2) is 0 Å². The zero-order chi connectivity index (χ0) is 94.0. The van der Waals surface area contributed by atoms with Crippen LogP contribution in [0, 0.1) is 6.92 Å². The second-order valence-corrected chi connectivity index (χ2v) is 40.0. The second-order valence-electron chi connectivity index (χ2n) is 40.0. The van der Waals surface area contributed by atoms with Gasteiger partial charge in [-0.05, 0) is 296 Å². The summed E-state index contributed by atoms with van der Waals surface area (Å²) in [6, 6.07) is 184. The van der Waals surface area contributed by atoms with Gasteiger partial charge >= 0.3 is 0 Å². The third-order valence-corrected chi connectivity index (χ3v) is 29.2. The van der Waals surface area contributed by atoms with Gasteiger partial charge in [-0.15, -0.1) is 0 Å². The standard InChI is InChI=1S/C135H101BN4/c1-88-72-129-131-130(73-88)140(133-114(96-50-30-15-31-51-96)83-110(135(5,6)7)85-116(133)108-59-35-57-102(77-108)100-55-33-53-98(75-100)90-38-18-9-19-39-90)128-87-112(138-125-70-62-105(93-44-24-12-25-45-93)80-119(125)120-81-106(63-71-126(120)138)94-46-26-13-27-47-94)65-67-122(128)136(131)121-66-64-111(137-123-68-60-103(91-40-20-10-21-41-91)78-117(123)118-79-104(61-69-124(118)137)92-42-22-11-23-43-92)86-127(121)139(129)132-113(95-48-28-14-29-49-95)82-109(134(2,3)4)84-115(132)107-58-34-56-101(76-107)99-54-32-52-97(74-99)89-36-16-8-17-37-89/h8-87H,1-7H3. The maximum Gasteiger partial charge on any atom is 0.252 e. The smallest absolute Gasteiger partial charge is 0.252 e. The molecule has 0 atom stereocenters. The van der Waals surface area contributed by atoms with Crippen LogP contribution in [0.25, 0.3) is 189 Å². The van der Waals surface area contributed by atoms with Gasteiger partial charge in [-0.3, -0.25) is 0 Å². The summed E-state index contributed by atoms with van der Waals surface area (Å²) in [5.41, 5.74) is 47.3. The number of benzene rings is 21. The van der Waals surface area contributed by atoms with Crippen LogP contribution in [0.4, 0.5) is 34.1 Å². The lowest BCUT2D eigenvalue weighted by molar-refractivity contribution is 0.590. The van der Waals surface area contributed by atoms with Crippen molar-refractivity contribution >= 4 is 101 Å². The molecule has 0 N–H and O–H groups in total. The average Bonchev–Trinajstić information content (AvgIpc) is 0.705. The lowest BCUT2D eigenvalue weighted by atomic mass is 9.33. The van der Waals surface area contributed by atoms with Crippen molar-refractivity contribution < 1.29 is 0 Å². The Bertz CT molecular complexity index is 8090. The molecule has 664 valence electrons. The van der Waals surface area contributed by atoms with Gasteiger partial charge in [0, 0.05) is 77.9 Å². The largest absolute Gasteiger partial charge is 0.310 e. The monoisotopic (exact) mass is 1790 g/mol. The van der Waals surface area contributed by atoms with E-state index < -0.39 is 0 Å². The van der Waals surface area contributed by atoms with Crippen molar-refractivity contribution in [3.05, 3.63) is 502 Å². The van der Waals surface area contributed by atoms with Crippen LogP contribution in [0.15, 0.2) is 485 Å². The van der Waals surface area contributed by atoms with Gasteiger partial charge in [0.1, 0.15) is 0 Å². The molecule has 0 aliphatic carbocycles. The lowest BCUT2D eigenvalue weighted by Crippen LogP contribution is -2.61. The van der Waals surface area contributed by atoms with E-state index in [1.54, 1.807) is 0 Å². The Balaban J connectivity index is 0.814. The van der Waals surface area contributed by atoms with Crippen molar-refractivity contribution in [2.24, 2.45) is 0 Å². The third kappa shape index (κ3) is 15.0. The Morgan fingerprint density at radius 2 is 0.414 bits per heavy atom. The van der Waals surface area contributed by atoms with Crippen LogP contribution in [0.5, 0.6) is 0 Å². The minimum Gasteiger partial charge on any atom is -0.310 e. The van der Waals surface area contributed by atoms with Crippen molar-refractivity contribution in [1.82, 2.24) is 9.13 Å². The summed E-state index contributed by atoms with van der Waals surface area (Å²) in [4.78, 5) is 5.50. The van der Waals surface area contributed by atoms with Crippen LogP contribution in [0.1, 0.15) is 58.2 Å². The fraction of sp³-hybridized carbons (Fsp3) is 0.0667. The molecule has 2 aliphatic heterocycles. The van der Waals surface area contributed by atoms with Crippen molar-refractivity contribution in [2.75, 3.05) is 9.80 Å². The predicted octanol–water partition coefficient (Wildman–Crippen LogP) is 34.9. The van der Waals surface area contributed by atoms with Crippen LogP contribution in [0.3, 0.4) is 0 Å². The Hall–Kier alpha value is -17.1. The SMILES string of the molecule is Cc1cc2c3c(c1)N(c1c(-c4ccccc4)cc(C(C)(C)C)cc1-c1cccc(-c4cccc(-c5ccccc5)c4)c1)c1cc(-n4c5ccc(-c6ccccc6)cc5c5cc(-c6ccccc6)ccc54)ccc1B3c1ccc(-n3c4ccc(-c5ccccc5)cc4c4cc(-c5ccccc5)ccc43)cc1N2c1c(-c2ccccc2)cc(C(C)(C)C)cc1-c1cccc(-c2cccc(-c3ccccc3)c2)c1. The first kappa shape index (κ1) is 84.6. The minimum absolute atomic E-state index is 0.294. The van der Waals surface area contributed by atoms with E-state index in [4.69, 9.17) is 0 Å². The first-order valence-electron chi connectivity index (χ1n) is 49.0. The van der Waals surface area contributed by atoms with Gasteiger partial charge in [-0.1, -0.05) is 393 Å². The predicted molar refractivity (Wildman–Crippen MR) is 597 cm³/mol. The Morgan fingerprint density at radius 1 is 0.186 bits per heavy atom. The molecule has 0 amide bonds. The molecule has 25 rings (SSSR count). The molecular weight excluding hydrogens is 1690 g/mol. The molecule has 4 nitrogen and oxygen atoms in total.